The van der Waals surface area contributed by atoms with Gasteiger partial charge in [-0.25, -0.2) is 4.79 Å². The molecular formula is C8H3F3N3O3. The minimum atomic E-state index is -4.73. The highest BCUT2D eigenvalue weighted by molar-refractivity contribution is 6.04. The third-order valence-electron chi connectivity index (χ3n) is 2.07. The molecule has 2 amide bonds. The maximum absolute atomic E-state index is 12.4. The number of nitro groups is 1. The first kappa shape index (κ1) is 11.2. The third-order valence-corrected chi connectivity index (χ3v) is 2.07. The number of halogens is 3. The van der Waals surface area contributed by atoms with Gasteiger partial charge in [-0.3, -0.25) is 10.1 Å². The van der Waals surface area contributed by atoms with Gasteiger partial charge in [0.05, 0.1) is 16.2 Å². The third kappa shape index (κ3) is 1.86. The minimum Gasteiger partial charge on any atom is -0.304 e. The van der Waals surface area contributed by atoms with E-state index >= 15 is 0 Å². The van der Waals surface area contributed by atoms with Crippen LogP contribution in [0, 0.1) is 10.1 Å². The van der Waals surface area contributed by atoms with Gasteiger partial charge in [0.2, 0.25) is 0 Å². The highest BCUT2D eigenvalue weighted by Crippen LogP contribution is 2.42. The Morgan fingerprint density at radius 3 is 2.53 bits per heavy atom. The molecule has 0 atom stereocenters. The fraction of sp³-hybridized carbons (Fsp3) is 0.125. The van der Waals surface area contributed by atoms with Crippen LogP contribution in [0.5, 0.6) is 0 Å². The number of hydrogen-bond donors (Lipinski definition) is 1. The first-order valence-electron chi connectivity index (χ1n) is 4.21. The Kier molecular flexibility index (Phi) is 2.19. The molecule has 1 N–H and O–H groups in total. The quantitative estimate of drug-likeness (QED) is 0.609. The number of anilines is 1. The van der Waals surface area contributed by atoms with Crippen molar-refractivity contribution < 1.29 is 22.9 Å². The minimum absolute atomic E-state index is 0.309. The van der Waals surface area contributed by atoms with Crippen molar-refractivity contribution in [3.63, 3.8) is 0 Å². The Bertz CT molecular complexity index is 527. The van der Waals surface area contributed by atoms with Crippen molar-refractivity contribution in [2.24, 2.45) is 0 Å². The van der Waals surface area contributed by atoms with Crippen LogP contribution in [0.15, 0.2) is 12.1 Å². The lowest BCUT2D eigenvalue weighted by atomic mass is 10.1. The van der Waals surface area contributed by atoms with Crippen LogP contribution in [0.2, 0.25) is 0 Å². The summed E-state index contributed by atoms with van der Waals surface area (Å²) in [6, 6.07) is 0.0294. The molecule has 9 heteroatoms. The summed E-state index contributed by atoms with van der Waals surface area (Å²) in [6.07, 6.45) is -4.73. The normalized spacial score (nSPS) is 13.9. The first-order chi connectivity index (χ1) is 7.79. The number of rotatable bonds is 1. The molecule has 1 heterocycles. The average Bonchev–Trinajstić information content (AvgIpc) is 2.54. The standard InChI is InChI=1S/C8H3F3N3O3/c9-8(10,11)3-1-4-6(13-7(15)12-4)5(2-3)14(16)17/h1-2H,(H,12,15). The van der Waals surface area contributed by atoms with E-state index in [0.717, 1.165) is 0 Å². The van der Waals surface area contributed by atoms with Crippen molar-refractivity contribution in [3.05, 3.63) is 27.8 Å². The number of alkyl halides is 3. The lowest BCUT2D eigenvalue weighted by Crippen LogP contribution is -2.08. The Morgan fingerprint density at radius 1 is 1.35 bits per heavy atom. The number of carbonyl (C=O) groups is 1. The summed E-state index contributed by atoms with van der Waals surface area (Å²) in [7, 11) is 0. The van der Waals surface area contributed by atoms with Crippen LogP contribution in [0.3, 0.4) is 0 Å². The van der Waals surface area contributed by atoms with Crippen molar-refractivity contribution >= 4 is 23.1 Å². The fourth-order valence-electron chi connectivity index (χ4n) is 1.38. The Balaban J connectivity index is 2.64. The molecule has 0 saturated carbocycles. The molecule has 0 saturated heterocycles. The van der Waals surface area contributed by atoms with Crippen molar-refractivity contribution in [1.82, 2.24) is 5.32 Å². The number of benzene rings is 1. The highest BCUT2D eigenvalue weighted by atomic mass is 19.4. The van der Waals surface area contributed by atoms with E-state index in [4.69, 9.17) is 0 Å². The largest absolute Gasteiger partial charge is 0.416 e. The monoisotopic (exact) mass is 246 g/mol. The zero-order valence-corrected chi connectivity index (χ0v) is 7.91. The summed E-state index contributed by atoms with van der Waals surface area (Å²) in [5, 5.41) is 15.8. The molecule has 2 rings (SSSR count). The van der Waals surface area contributed by atoms with Crippen molar-refractivity contribution in [2.75, 3.05) is 5.32 Å². The number of nitrogens with zero attached hydrogens (tertiary/aromatic N) is 2. The molecule has 17 heavy (non-hydrogen) atoms. The van der Waals surface area contributed by atoms with Gasteiger partial charge in [0.1, 0.15) is 0 Å². The van der Waals surface area contributed by atoms with E-state index in [2.05, 4.69) is 5.32 Å². The van der Waals surface area contributed by atoms with E-state index < -0.39 is 28.4 Å². The number of hydrogen-bond acceptors (Lipinski definition) is 3. The molecule has 0 fully saturated rings. The maximum atomic E-state index is 12.4. The molecular weight excluding hydrogens is 243 g/mol. The second kappa shape index (κ2) is 3.34. The summed E-state index contributed by atoms with van der Waals surface area (Å²) < 4.78 is 37.3. The SMILES string of the molecule is O=C1[N]c2c(cc(C(F)(F)F)cc2[N+](=O)[O-])N1. The lowest BCUT2D eigenvalue weighted by Gasteiger charge is -2.07. The molecule has 1 aliphatic rings. The number of nitrogens with one attached hydrogen (secondary N) is 1. The zero-order chi connectivity index (χ0) is 12.8. The van der Waals surface area contributed by atoms with E-state index in [1.54, 1.807) is 0 Å². The number of amides is 2. The van der Waals surface area contributed by atoms with E-state index in [-0.39, 0.29) is 11.4 Å². The molecule has 1 aromatic carbocycles. The molecule has 1 aliphatic heterocycles. The summed E-state index contributed by atoms with van der Waals surface area (Å²) in [5.74, 6) is 0. The van der Waals surface area contributed by atoms with Crippen molar-refractivity contribution in [2.45, 2.75) is 6.18 Å². The van der Waals surface area contributed by atoms with E-state index in [1.807, 2.05) is 5.32 Å². The van der Waals surface area contributed by atoms with E-state index in [9.17, 15) is 28.1 Å². The summed E-state index contributed by atoms with van der Waals surface area (Å²) >= 11 is 0. The summed E-state index contributed by atoms with van der Waals surface area (Å²) in [5.41, 5.74) is -2.75. The van der Waals surface area contributed by atoms with Gasteiger partial charge in [-0.15, -0.1) is 0 Å². The second-order valence-electron chi connectivity index (χ2n) is 3.19. The number of fused-ring (bicyclic) bond motifs is 1. The highest BCUT2D eigenvalue weighted by Gasteiger charge is 2.37. The molecule has 1 radical (unpaired) electrons. The van der Waals surface area contributed by atoms with Crippen LogP contribution in [0.4, 0.5) is 35.0 Å². The molecule has 0 spiro atoms. The van der Waals surface area contributed by atoms with Gasteiger partial charge in [0, 0.05) is 6.07 Å². The second-order valence-corrected chi connectivity index (χ2v) is 3.19. The first-order valence-corrected chi connectivity index (χ1v) is 4.21. The molecule has 6 nitrogen and oxygen atoms in total. The average molecular weight is 246 g/mol. The number of urea groups is 1. The number of nitro benzene ring substituents is 1. The molecule has 1 aromatic rings. The van der Waals surface area contributed by atoms with Gasteiger partial charge in [-0.1, -0.05) is 0 Å². The molecule has 0 aliphatic carbocycles. The van der Waals surface area contributed by atoms with E-state index in [0.29, 0.717) is 12.1 Å². The number of carbonyl (C=O) groups excluding carboxylic acids is 1. The predicted molar refractivity (Wildman–Crippen MR) is 48.9 cm³/mol. The molecule has 0 unspecified atom stereocenters. The van der Waals surface area contributed by atoms with Crippen molar-refractivity contribution in [3.8, 4) is 0 Å². The van der Waals surface area contributed by atoms with Crippen molar-refractivity contribution in [1.29, 1.82) is 0 Å². The van der Waals surface area contributed by atoms with Crippen LogP contribution in [-0.4, -0.2) is 11.0 Å². The van der Waals surface area contributed by atoms with Gasteiger partial charge >= 0.3 is 12.2 Å². The van der Waals surface area contributed by atoms with Crippen LogP contribution >= 0.6 is 0 Å². The van der Waals surface area contributed by atoms with Gasteiger partial charge < -0.3 is 5.32 Å². The molecule has 0 aromatic heterocycles. The molecule has 89 valence electrons. The summed E-state index contributed by atoms with van der Waals surface area (Å²) in [4.78, 5) is 20.4. The lowest BCUT2D eigenvalue weighted by molar-refractivity contribution is -0.384. The van der Waals surface area contributed by atoms with Crippen LogP contribution < -0.4 is 10.6 Å². The van der Waals surface area contributed by atoms with Crippen LogP contribution in [0.1, 0.15) is 5.56 Å². The predicted octanol–water partition coefficient (Wildman–Crippen LogP) is 2.40. The van der Waals surface area contributed by atoms with Gasteiger partial charge in [0.25, 0.3) is 5.69 Å². The maximum Gasteiger partial charge on any atom is 0.416 e. The Morgan fingerprint density at radius 2 is 2.00 bits per heavy atom. The van der Waals surface area contributed by atoms with Gasteiger partial charge in [0.15, 0.2) is 5.69 Å². The molecule has 0 bridgehead atoms. The topological polar surface area (TPSA) is 86.3 Å². The van der Waals surface area contributed by atoms with Gasteiger partial charge in [-0.05, 0) is 6.07 Å². The van der Waals surface area contributed by atoms with E-state index in [1.165, 1.54) is 0 Å². The van der Waals surface area contributed by atoms with Crippen LogP contribution in [-0.2, 0) is 6.18 Å². The zero-order valence-electron chi connectivity index (χ0n) is 7.91. The Labute approximate surface area is 91.6 Å². The Hall–Kier alpha value is -2.32. The summed E-state index contributed by atoms with van der Waals surface area (Å²) in [6.45, 7) is 0. The smallest absolute Gasteiger partial charge is 0.304 e. The fourth-order valence-corrected chi connectivity index (χ4v) is 1.38. The van der Waals surface area contributed by atoms with Gasteiger partial charge in [-0.2, -0.15) is 18.5 Å². The van der Waals surface area contributed by atoms with Crippen LogP contribution in [0.25, 0.3) is 0 Å².